The fourth-order valence-corrected chi connectivity index (χ4v) is 2.89. The van der Waals surface area contributed by atoms with E-state index in [0.717, 1.165) is 12.1 Å². The van der Waals surface area contributed by atoms with E-state index < -0.39 is 35.8 Å². The van der Waals surface area contributed by atoms with Gasteiger partial charge in [-0.15, -0.1) is 0 Å². The van der Waals surface area contributed by atoms with Gasteiger partial charge in [-0.1, -0.05) is 35.3 Å². The molecule has 1 heterocycles. The molecule has 1 aliphatic heterocycles. The molecule has 3 rings (SSSR count). The average molecular weight is 401 g/mol. The van der Waals surface area contributed by atoms with Crippen molar-refractivity contribution in [2.24, 2.45) is 0 Å². The lowest BCUT2D eigenvalue weighted by atomic mass is 9.98. The molecule has 0 aliphatic carbocycles. The van der Waals surface area contributed by atoms with E-state index in [0.29, 0.717) is 11.1 Å². The number of hydrogen-bond donors (Lipinski definition) is 2. The molecule has 1 unspecified atom stereocenters. The third kappa shape index (κ3) is 3.89. The predicted octanol–water partition coefficient (Wildman–Crippen LogP) is 3.59. The van der Waals surface area contributed by atoms with Crippen LogP contribution in [-0.4, -0.2) is 24.6 Å². The van der Waals surface area contributed by atoms with Gasteiger partial charge in [0.2, 0.25) is 0 Å². The Morgan fingerprint density at radius 3 is 2.08 bits per heavy atom. The van der Waals surface area contributed by atoms with Gasteiger partial charge in [0.1, 0.15) is 11.6 Å². The summed E-state index contributed by atoms with van der Waals surface area (Å²) >= 11 is 11.7. The highest BCUT2D eigenvalue weighted by atomic mass is 35.5. The standard InChI is InChI=1S/C17H12Cl2F2N2O3/c18-10-5-8(1-3-12(10)20)15(9-2-4-13(21)11(19)6-9)23-16(24)14-7-22-17(25)26-14/h1-6,14-15H,7H2,(H,22,25)(H,23,24). The molecule has 0 bridgehead atoms. The quantitative estimate of drug-likeness (QED) is 0.823. The number of nitrogens with one attached hydrogen (secondary N) is 2. The van der Waals surface area contributed by atoms with Gasteiger partial charge >= 0.3 is 6.09 Å². The molecule has 0 radical (unpaired) electrons. The van der Waals surface area contributed by atoms with Gasteiger partial charge in [0, 0.05) is 0 Å². The van der Waals surface area contributed by atoms with Crippen LogP contribution in [0.3, 0.4) is 0 Å². The van der Waals surface area contributed by atoms with E-state index in [9.17, 15) is 18.4 Å². The smallest absolute Gasteiger partial charge is 0.408 e. The minimum atomic E-state index is -1.02. The Labute approximate surface area is 157 Å². The Hall–Kier alpha value is -2.38. The summed E-state index contributed by atoms with van der Waals surface area (Å²) in [5, 5.41) is 4.79. The van der Waals surface area contributed by atoms with Crippen LogP contribution in [0.1, 0.15) is 17.2 Å². The lowest BCUT2D eigenvalue weighted by molar-refractivity contribution is -0.128. The largest absolute Gasteiger partial charge is 0.434 e. The highest BCUT2D eigenvalue weighted by Gasteiger charge is 2.31. The second-order valence-corrected chi connectivity index (χ2v) is 6.38. The van der Waals surface area contributed by atoms with Gasteiger partial charge in [-0.25, -0.2) is 13.6 Å². The van der Waals surface area contributed by atoms with Crippen molar-refractivity contribution in [1.29, 1.82) is 0 Å². The van der Waals surface area contributed by atoms with Gasteiger partial charge in [-0.05, 0) is 35.4 Å². The summed E-state index contributed by atoms with van der Waals surface area (Å²) in [6.45, 7) is 0.0196. The van der Waals surface area contributed by atoms with Gasteiger partial charge in [0.25, 0.3) is 5.91 Å². The molecule has 2 amide bonds. The monoisotopic (exact) mass is 400 g/mol. The number of cyclic esters (lactones) is 1. The fraction of sp³-hybridized carbons (Fsp3) is 0.176. The number of ether oxygens (including phenoxy) is 1. The van der Waals surface area contributed by atoms with Crippen LogP contribution in [0.5, 0.6) is 0 Å². The summed E-state index contributed by atoms with van der Waals surface area (Å²) in [6.07, 6.45) is -1.71. The van der Waals surface area contributed by atoms with E-state index in [4.69, 9.17) is 27.9 Å². The fourth-order valence-electron chi connectivity index (χ4n) is 2.51. The molecule has 1 atom stereocenters. The van der Waals surface area contributed by atoms with Crippen molar-refractivity contribution in [3.05, 3.63) is 69.2 Å². The SMILES string of the molecule is O=C1NCC(C(=O)NC(c2ccc(F)c(Cl)c2)c2ccc(F)c(Cl)c2)O1. The summed E-state index contributed by atoms with van der Waals surface area (Å²) in [4.78, 5) is 23.5. The molecule has 136 valence electrons. The number of hydrogen-bond acceptors (Lipinski definition) is 3. The van der Waals surface area contributed by atoms with Crippen LogP contribution in [-0.2, 0) is 9.53 Å². The van der Waals surface area contributed by atoms with Gasteiger partial charge in [0.05, 0.1) is 22.6 Å². The average Bonchev–Trinajstić information content (AvgIpc) is 3.04. The molecular weight excluding hydrogens is 389 g/mol. The molecule has 26 heavy (non-hydrogen) atoms. The first-order valence-corrected chi connectivity index (χ1v) is 8.25. The van der Waals surface area contributed by atoms with Crippen LogP contribution in [0.2, 0.25) is 10.0 Å². The van der Waals surface area contributed by atoms with Crippen molar-refractivity contribution in [3.8, 4) is 0 Å². The topological polar surface area (TPSA) is 67.4 Å². The number of halogens is 4. The predicted molar refractivity (Wildman–Crippen MR) is 91.1 cm³/mol. The molecule has 1 aliphatic rings. The Bertz CT molecular complexity index is 828. The second kappa shape index (κ2) is 7.47. The van der Waals surface area contributed by atoms with Crippen molar-refractivity contribution >= 4 is 35.2 Å². The third-order valence-corrected chi connectivity index (χ3v) is 4.39. The summed E-state index contributed by atoms with van der Waals surface area (Å²) in [7, 11) is 0. The first-order chi connectivity index (χ1) is 12.3. The zero-order valence-electron chi connectivity index (χ0n) is 13.1. The number of benzene rings is 2. The maximum Gasteiger partial charge on any atom is 0.408 e. The Balaban J connectivity index is 1.95. The zero-order valence-corrected chi connectivity index (χ0v) is 14.6. The molecule has 0 aromatic heterocycles. The van der Waals surface area contributed by atoms with Crippen molar-refractivity contribution < 1.29 is 23.1 Å². The van der Waals surface area contributed by atoms with E-state index in [1.807, 2.05) is 0 Å². The van der Waals surface area contributed by atoms with E-state index in [-0.39, 0.29) is 16.6 Å². The third-order valence-electron chi connectivity index (χ3n) is 3.81. The molecule has 0 saturated carbocycles. The Kier molecular flexibility index (Phi) is 5.29. The minimum absolute atomic E-state index is 0.0196. The van der Waals surface area contributed by atoms with Crippen LogP contribution in [0.25, 0.3) is 0 Å². The molecule has 1 saturated heterocycles. The molecule has 1 fully saturated rings. The lowest BCUT2D eigenvalue weighted by Gasteiger charge is -2.22. The van der Waals surface area contributed by atoms with Gasteiger partial charge in [-0.2, -0.15) is 0 Å². The van der Waals surface area contributed by atoms with Crippen molar-refractivity contribution in [3.63, 3.8) is 0 Å². The summed E-state index contributed by atoms with van der Waals surface area (Å²) in [6, 6.07) is 7.05. The minimum Gasteiger partial charge on any atom is -0.434 e. The van der Waals surface area contributed by atoms with Gasteiger partial charge < -0.3 is 15.4 Å². The Morgan fingerprint density at radius 2 is 1.65 bits per heavy atom. The molecule has 2 aromatic carbocycles. The van der Waals surface area contributed by atoms with E-state index in [2.05, 4.69) is 10.6 Å². The van der Waals surface area contributed by atoms with E-state index in [1.54, 1.807) is 0 Å². The van der Waals surface area contributed by atoms with E-state index >= 15 is 0 Å². The van der Waals surface area contributed by atoms with Crippen LogP contribution in [0.15, 0.2) is 36.4 Å². The van der Waals surface area contributed by atoms with Crippen LogP contribution >= 0.6 is 23.2 Å². The normalized spacial score (nSPS) is 16.3. The molecule has 0 spiro atoms. The number of carbonyl (C=O) groups excluding carboxylic acids is 2. The van der Waals surface area contributed by atoms with Crippen LogP contribution in [0, 0.1) is 11.6 Å². The van der Waals surface area contributed by atoms with Gasteiger partial charge in [-0.3, -0.25) is 4.79 Å². The summed E-state index contributed by atoms with van der Waals surface area (Å²) < 4.78 is 31.8. The highest BCUT2D eigenvalue weighted by Crippen LogP contribution is 2.29. The van der Waals surface area contributed by atoms with Crippen molar-refractivity contribution in [2.45, 2.75) is 12.1 Å². The maximum atomic E-state index is 13.5. The molecule has 2 N–H and O–H groups in total. The summed E-state index contributed by atoms with van der Waals surface area (Å²) in [5.41, 5.74) is 0.898. The Morgan fingerprint density at radius 1 is 1.12 bits per heavy atom. The maximum absolute atomic E-state index is 13.5. The number of amides is 2. The first kappa shape index (κ1) is 18.4. The number of alkyl carbamates (subject to hydrolysis) is 1. The highest BCUT2D eigenvalue weighted by molar-refractivity contribution is 6.31. The molecule has 9 heteroatoms. The van der Waals surface area contributed by atoms with E-state index in [1.165, 1.54) is 24.3 Å². The summed E-state index contributed by atoms with van der Waals surface area (Å²) in [5.74, 6) is -1.81. The first-order valence-electron chi connectivity index (χ1n) is 7.50. The number of rotatable bonds is 4. The van der Waals surface area contributed by atoms with Crippen molar-refractivity contribution in [2.75, 3.05) is 6.54 Å². The lowest BCUT2D eigenvalue weighted by Crippen LogP contribution is -2.39. The zero-order chi connectivity index (χ0) is 18.8. The molecule has 5 nitrogen and oxygen atoms in total. The number of carbonyl (C=O) groups is 2. The van der Waals surface area contributed by atoms with Gasteiger partial charge in [0.15, 0.2) is 6.10 Å². The second-order valence-electron chi connectivity index (χ2n) is 5.56. The van der Waals surface area contributed by atoms with Crippen LogP contribution < -0.4 is 10.6 Å². The molecule has 2 aromatic rings. The molecular formula is C17H12Cl2F2N2O3. The van der Waals surface area contributed by atoms with Crippen molar-refractivity contribution in [1.82, 2.24) is 10.6 Å². The van der Waals surface area contributed by atoms with Crippen LogP contribution in [0.4, 0.5) is 13.6 Å².